The number of piperazine rings is 1. The van der Waals surface area contributed by atoms with E-state index in [0.717, 1.165) is 32.7 Å². The van der Waals surface area contributed by atoms with Gasteiger partial charge in [-0.25, -0.2) is 0 Å². The van der Waals surface area contributed by atoms with E-state index in [1.165, 1.54) is 0 Å². The fraction of sp³-hybridized carbons (Fsp3) is 0.200. The number of nitrogens with two attached hydrogens (primary N) is 1. The summed E-state index contributed by atoms with van der Waals surface area (Å²) in [6.45, 7) is 0. The maximum absolute atomic E-state index is 12.9. The van der Waals surface area contributed by atoms with E-state index >= 15 is 0 Å². The van der Waals surface area contributed by atoms with Crippen LogP contribution in [0.15, 0.2) is 84.9 Å². The highest BCUT2D eigenvalue weighted by Gasteiger charge is 2.35. The molecule has 4 aromatic rings. The van der Waals surface area contributed by atoms with Gasteiger partial charge in [0.05, 0.1) is 6.42 Å². The predicted octanol–water partition coefficient (Wildman–Crippen LogP) is 2.12. The summed E-state index contributed by atoms with van der Waals surface area (Å²) in [5, 5.41) is 12.0. The molecule has 5 N–H and O–H groups in total. The molecule has 0 aromatic heterocycles. The summed E-state index contributed by atoms with van der Waals surface area (Å²) in [5.41, 5.74) is 7.50. The minimum absolute atomic E-state index is 0.186. The fourth-order valence-electron chi connectivity index (χ4n) is 5.01. The lowest BCUT2D eigenvalue weighted by molar-refractivity contribution is -0.138. The molecule has 1 heterocycles. The largest absolute Gasteiger partial charge is 0.368 e. The Kier molecular flexibility index (Phi) is 7.04. The Hall–Kier alpha value is -4.72. The zero-order chi connectivity index (χ0) is 26.6. The number of hydrogen-bond donors (Lipinski definition) is 4. The molecule has 8 nitrogen and oxygen atoms in total. The molecule has 0 radical (unpaired) electrons. The number of fused-ring (bicyclic) bond motifs is 2. The first-order chi connectivity index (χ1) is 18.4. The number of primary amides is 1. The average Bonchev–Trinajstić information content (AvgIpc) is 2.91. The number of carbonyl (C=O) groups excluding carboxylic acids is 4. The molecule has 0 unspecified atom stereocenters. The molecule has 3 atom stereocenters. The smallest absolute Gasteiger partial charge is 0.243 e. The van der Waals surface area contributed by atoms with Crippen molar-refractivity contribution in [3.63, 3.8) is 0 Å². The van der Waals surface area contributed by atoms with Crippen molar-refractivity contribution in [1.82, 2.24) is 16.0 Å². The van der Waals surface area contributed by atoms with Crippen LogP contribution in [0.25, 0.3) is 21.5 Å². The second kappa shape index (κ2) is 10.7. The normalized spacial score (nSPS) is 18.0. The van der Waals surface area contributed by atoms with Crippen molar-refractivity contribution in [2.45, 2.75) is 37.4 Å². The lowest BCUT2D eigenvalue weighted by Crippen LogP contribution is -2.63. The van der Waals surface area contributed by atoms with Crippen molar-refractivity contribution in [1.29, 1.82) is 0 Å². The van der Waals surface area contributed by atoms with Gasteiger partial charge in [0, 0.05) is 12.8 Å². The Morgan fingerprint density at radius 3 is 1.97 bits per heavy atom. The van der Waals surface area contributed by atoms with Gasteiger partial charge in [-0.3, -0.25) is 19.2 Å². The van der Waals surface area contributed by atoms with Gasteiger partial charge in [-0.15, -0.1) is 0 Å². The molecular weight excluding hydrogens is 480 g/mol. The molecule has 0 bridgehead atoms. The van der Waals surface area contributed by atoms with Gasteiger partial charge in [-0.1, -0.05) is 78.9 Å². The van der Waals surface area contributed by atoms with Crippen LogP contribution in [0.5, 0.6) is 0 Å². The summed E-state index contributed by atoms with van der Waals surface area (Å²) in [6, 6.07) is 24.4. The van der Waals surface area contributed by atoms with Gasteiger partial charge in [0.15, 0.2) is 0 Å². The standard InChI is InChI=1S/C30H28N4O4/c31-28(36)24(16-23-21-12-6-4-10-19(21)15-20-11-5-7-13-22(20)23)32-27(35)17-26-30(38)33-25(29(37)34-26)14-18-8-2-1-3-9-18/h1-13,15,24-26H,14,16-17H2,(H2,31,36)(H,32,35)(H,33,38)(H,34,37)/t24-,25+,26+/m1/s1. The van der Waals surface area contributed by atoms with Gasteiger partial charge < -0.3 is 21.7 Å². The van der Waals surface area contributed by atoms with Gasteiger partial charge in [0.1, 0.15) is 18.1 Å². The van der Waals surface area contributed by atoms with Crippen LogP contribution in [0.3, 0.4) is 0 Å². The topological polar surface area (TPSA) is 130 Å². The van der Waals surface area contributed by atoms with Crippen LogP contribution in [0.1, 0.15) is 17.5 Å². The minimum atomic E-state index is -1.04. The highest BCUT2D eigenvalue weighted by atomic mass is 16.2. The van der Waals surface area contributed by atoms with Crippen molar-refractivity contribution in [3.05, 3.63) is 96.1 Å². The zero-order valence-corrected chi connectivity index (χ0v) is 20.6. The first-order valence-corrected chi connectivity index (χ1v) is 12.5. The van der Waals surface area contributed by atoms with Crippen LogP contribution < -0.4 is 21.7 Å². The molecule has 0 saturated carbocycles. The lowest BCUT2D eigenvalue weighted by Gasteiger charge is -2.29. The molecule has 192 valence electrons. The second-order valence-electron chi connectivity index (χ2n) is 9.54. The molecule has 5 rings (SSSR count). The van der Waals surface area contributed by atoms with Crippen LogP contribution in [0.2, 0.25) is 0 Å². The molecule has 38 heavy (non-hydrogen) atoms. The SMILES string of the molecule is NC(=O)[C@@H](Cc1c2ccccc2cc2ccccc12)NC(=O)C[C@@H]1NC(=O)[C@H](Cc2ccccc2)NC1=O. The van der Waals surface area contributed by atoms with Crippen LogP contribution in [-0.4, -0.2) is 41.8 Å². The molecule has 0 spiro atoms. The van der Waals surface area contributed by atoms with E-state index in [0.29, 0.717) is 6.42 Å². The highest BCUT2D eigenvalue weighted by molar-refractivity contribution is 6.03. The monoisotopic (exact) mass is 508 g/mol. The van der Waals surface area contributed by atoms with Crippen LogP contribution >= 0.6 is 0 Å². The first-order valence-electron chi connectivity index (χ1n) is 12.5. The van der Waals surface area contributed by atoms with E-state index in [9.17, 15) is 19.2 Å². The third-order valence-electron chi connectivity index (χ3n) is 6.91. The van der Waals surface area contributed by atoms with Crippen LogP contribution in [-0.2, 0) is 32.0 Å². The summed E-state index contributed by atoms with van der Waals surface area (Å²) < 4.78 is 0. The molecular formula is C30H28N4O4. The third kappa shape index (κ3) is 5.34. The molecule has 0 aliphatic carbocycles. The van der Waals surface area contributed by atoms with Crippen LogP contribution in [0.4, 0.5) is 0 Å². The number of rotatable bonds is 8. The van der Waals surface area contributed by atoms with E-state index in [1.807, 2.05) is 78.9 Å². The Bertz CT molecular complexity index is 1480. The number of amides is 4. The molecule has 1 aliphatic heterocycles. The fourth-order valence-corrected chi connectivity index (χ4v) is 5.01. The number of carbonyl (C=O) groups is 4. The molecule has 1 saturated heterocycles. The van der Waals surface area contributed by atoms with Crippen molar-refractivity contribution >= 4 is 45.2 Å². The van der Waals surface area contributed by atoms with Crippen LogP contribution in [0, 0.1) is 0 Å². The number of hydrogen-bond acceptors (Lipinski definition) is 4. The molecule has 8 heteroatoms. The van der Waals surface area contributed by atoms with E-state index in [-0.39, 0.29) is 18.7 Å². The summed E-state index contributed by atoms with van der Waals surface area (Å²) >= 11 is 0. The van der Waals surface area contributed by atoms with E-state index < -0.39 is 35.8 Å². The summed E-state index contributed by atoms with van der Waals surface area (Å²) in [4.78, 5) is 50.6. The molecule has 4 amide bonds. The number of nitrogens with one attached hydrogen (secondary N) is 3. The summed E-state index contributed by atoms with van der Waals surface area (Å²) in [6.07, 6.45) is 0.223. The second-order valence-corrected chi connectivity index (χ2v) is 9.54. The van der Waals surface area contributed by atoms with Gasteiger partial charge in [-0.05, 0) is 38.7 Å². The van der Waals surface area contributed by atoms with Gasteiger partial charge in [0.25, 0.3) is 0 Å². The maximum Gasteiger partial charge on any atom is 0.243 e. The van der Waals surface area contributed by atoms with Crippen molar-refractivity contribution < 1.29 is 19.2 Å². The zero-order valence-electron chi connectivity index (χ0n) is 20.6. The lowest BCUT2D eigenvalue weighted by atomic mass is 9.92. The van der Waals surface area contributed by atoms with E-state index in [1.54, 1.807) is 0 Å². The van der Waals surface area contributed by atoms with E-state index in [4.69, 9.17) is 5.73 Å². The Labute approximate surface area is 219 Å². The van der Waals surface area contributed by atoms with Gasteiger partial charge >= 0.3 is 0 Å². The predicted molar refractivity (Wildman–Crippen MR) is 145 cm³/mol. The Balaban J connectivity index is 1.29. The summed E-state index contributed by atoms with van der Waals surface area (Å²) in [7, 11) is 0. The van der Waals surface area contributed by atoms with Crippen molar-refractivity contribution in [2.24, 2.45) is 5.73 Å². The minimum Gasteiger partial charge on any atom is -0.368 e. The Morgan fingerprint density at radius 2 is 1.34 bits per heavy atom. The summed E-state index contributed by atoms with van der Waals surface area (Å²) in [5.74, 6) is -2.05. The average molecular weight is 509 g/mol. The van der Waals surface area contributed by atoms with E-state index in [2.05, 4.69) is 22.0 Å². The van der Waals surface area contributed by atoms with Gasteiger partial charge in [-0.2, -0.15) is 0 Å². The molecule has 4 aromatic carbocycles. The molecule has 1 aliphatic rings. The maximum atomic E-state index is 12.9. The highest BCUT2D eigenvalue weighted by Crippen LogP contribution is 2.29. The number of benzene rings is 4. The quantitative estimate of drug-likeness (QED) is 0.272. The van der Waals surface area contributed by atoms with Crippen molar-refractivity contribution in [2.75, 3.05) is 0 Å². The third-order valence-corrected chi connectivity index (χ3v) is 6.91. The van der Waals surface area contributed by atoms with Crippen molar-refractivity contribution in [3.8, 4) is 0 Å². The molecule has 1 fully saturated rings. The van der Waals surface area contributed by atoms with Gasteiger partial charge in [0.2, 0.25) is 23.6 Å². The Morgan fingerprint density at radius 1 is 0.789 bits per heavy atom. The first kappa shape index (κ1) is 25.0.